The van der Waals surface area contributed by atoms with Gasteiger partial charge in [-0.05, 0) is 44.9 Å². The maximum absolute atomic E-state index is 12.9. The average molecular weight is 485 g/mol. The number of ketones is 1. The number of amides is 2. The molecule has 2 aromatic rings. The van der Waals surface area contributed by atoms with Crippen LogP contribution in [0.5, 0.6) is 0 Å². The predicted octanol–water partition coefficient (Wildman–Crippen LogP) is 2.98. The first-order valence-corrected chi connectivity index (χ1v) is 12.5. The highest BCUT2D eigenvalue weighted by Crippen LogP contribution is 2.33. The number of nitrogens with zero attached hydrogens (tertiary/aromatic N) is 2. The zero-order valence-corrected chi connectivity index (χ0v) is 21.0. The van der Waals surface area contributed by atoms with Crippen molar-refractivity contribution in [2.24, 2.45) is 5.92 Å². The van der Waals surface area contributed by atoms with Gasteiger partial charge in [-0.25, -0.2) is 4.98 Å². The lowest BCUT2D eigenvalue weighted by molar-refractivity contribution is -0.125. The van der Waals surface area contributed by atoms with Crippen molar-refractivity contribution in [3.8, 4) is 0 Å². The third-order valence-electron chi connectivity index (χ3n) is 6.83. The van der Waals surface area contributed by atoms with Crippen molar-refractivity contribution in [3.05, 3.63) is 45.5 Å². The zero-order chi connectivity index (χ0) is 24.5. The van der Waals surface area contributed by atoms with Crippen molar-refractivity contribution in [1.29, 1.82) is 0 Å². The molecule has 2 N–H and O–H groups in total. The molecule has 2 aliphatic rings. The molecule has 0 saturated carbocycles. The summed E-state index contributed by atoms with van der Waals surface area (Å²) in [6.07, 6.45) is 0.546. The Morgan fingerprint density at radius 2 is 1.94 bits per heavy atom. The van der Waals surface area contributed by atoms with E-state index in [4.69, 9.17) is 4.74 Å². The molecule has 0 unspecified atom stereocenters. The minimum Gasteiger partial charge on any atom is -0.379 e. The molecule has 2 amide bonds. The maximum atomic E-state index is 12.9. The first-order chi connectivity index (χ1) is 16.2. The van der Waals surface area contributed by atoms with Crippen molar-refractivity contribution in [2.75, 3.05) is 38.2 Å². The number of carbonyl (C=O) groups excluding carboxylic acids is 3. The molecule has 1 aromatic carbocycles. The Hall–Kier alpha value is -2.62. The normalized spacial score (nSPS) is 18.9. The number of Topliss-reactive ketones (excluding diaryl/α,β-unsaturated/α-hetero) is 1. The maximum Gasteiger partial charge on any atom is 0.257 e. The second-order valence-corrected chi connectivity index (χ2v) is 10.7. The van der Waals surface area contributed by atoms with Crippen LogP contribution in [0.1, 0.15) is 57.1 Å². The zero-order valence-electron chi connectivity index (χ0n) is 20.2. The average Bonchev–Trinajstić information content (AvgIpc) is 3.23. The summed E-state index contributed by atoms with van der Waals surface area (Å²) in [5.74, 6) is -0.933. The van der Waals surface area contributed by atoms with E-state index in [0.29, 0.717) is 47.4 Å². The van der Waals surface area contributed by atoms with Crippen LogP contribution in [-0.2, 0) is 16.0 Å². The standard InChI is InChI=1S/C25H32N4O4S/c1-15-6-5-7-18(16(15)2)23(32)28-24-27-19-12-17(13-20(30)21(19)34-24)22(31)26-14-25(3,4)29-8-10-33-11-9-29/h5-7,17H,8-14H2,1-4H3,(H,26,31)(H,27,28,32)/t17-/m1/s1. The molecule has 0 radical (unpaired) electrons. The molecule has 1 aliphatic carbocycles. The fourth-order valence-corrected chi connectivity index (χ4v) is 5.40. The second kappa shape index (κ2) is 9.93. The van der Waals surface area contributed by atoms with Crippen LogP contribution in [0.25, 0.3) is 0 Å². The van der Waals surface area contributed by atoms with Crippen LogP contribution in [0.15, 0.2) is 18.2 Å². The number of nitrogens with one attached hydrogen (secondary N) is 2. The Kier molecular flexibility index (Phi) is 7.16. The summed E-state index contributed by atoms with van der Waals surface area (Å²) < 4.78 is 5.42. The van der Waals surface area contributed by atoms with E-state index in [9.17, 15) is 14.4 Å². The van der Waals surface area contributed by atoms with Crippen LogP contribution in [0.2, 0.25) is 0 Å². The number of rotatable bonds is 6. The number of ether oxygens (including phenoxy) is 1. The van der Waals surface area contributed by atoms with Crippen molar-refractivity contribution < 1.29 is 19.1 Å². The van der Waals surface area contributed by atoms with E-state index >= 15 is 0 Å². The van der Waals surface area contributed by atoms with Crippen LogP contribution in [0.4, 0.5) is 5.13 Å². The van der Waals surface area contributed by atoms with Crippen LogP contribution >= 0.6 is 11.3 Å². The second-order valence-electron chi connectivity index (χ2n) is 9.65. The molecule has 0 spiro atoms. The number of hydrogen-bond donors (Lipinski definition) is 2. The summed E-state index contributed by atoms with van der Waals surface area (Å²) in [5.41, 5.74) is 2.92. The summed E-state index contributed by atoms with van der Waals surface area (Å²) in [6, 6.07) is 5.58. The molecule has 1 atom stereocenters. The van der Waals surface area contributed by atoms with Gasteiger partial charge in [-0.15, -0.1) is 0 Å². The molecule has 182 valence electrons. The van der Waals surface area contributed by atoms with Crippen molar-refractivity contribution >= 4 is 34.1 Å². The lowest BCUT2D eigenvalue weighted by atomic mass is 9.89. The molecule has 34 heavy (non-hydrogen) atoms. The summed E-state index contributed by atoms with van der Waals surface area (Å²) in [4.78, 5) is 45.8. The van der Waals surface area contributed by atoms with E-state index in [0.717, 1.165) is 24.2 Å². The molecule has 8 nitrogen and oxygen atoms in total. The third kappa shape index (κ3) is 5.21. The Balaban J connectivity index is 1.39. The predicted molar refractivity (Wildman–Crippen MR) is 132 cm³/mol. The van der Waals surface area contributed by atoms with Gasteiger partial charge in [-0.1, -0.05) is 23.5 Å². The quantitative estimate of drug-likeness (QED) is 0.654. The van der Waals surface area contributed by atoms with E-state index in [1.807, 2.05) is 26.0 Å². The van der Waals surface area contributed by atoms with Gasteiger partial charge < -0.3 is 10.1 Å². The molecule has 1 saturated heterocycles. The van der Waals surface area contributed by atoms with Gasteiger partial charge in [0.2, 0.25) is 5.91 Å². The van der Waals surface area contributed by atoms with E-state index in [1.54, 1.807) is 6.07 Å². The van der Waals surface area contributed by atoms with Gasteiger partial charge in [0, 0.05) is 43.6 Å². The van der Waals surface area contributed by atoms with Gasteiger partial charge in [0.25, 0.3) is 5.91 Å². The lowest BCUT2D eigenvalue weighted by Crippen LogP contribution is -2.56. The highest BCUT2D eigenvalue weighted by atomic mass is 32.1. The molecule has 2 heterocycles. The number of fused-ring (bicyclic) bond motifs is 1. The lowest BCUT2D eigenvalue weighted by Gasteiger charge is -2.41. The third-order valence-corrected chi connectivity index (χ3v) is 7.88. The van der Waals surface area contributed by atoms with Crippen molar-refractivity contribution in [2.45, 2.75) is 46.1 Å². The van der Waals surface area contributed by atoms with E-state index in [-0.39, 0.29) is 29.6 Å². The van der Waals surface area contributed by atoms with Crippen molar-refractivity contribution in [3.63, 3.8) is 0 Å². The van der Waals surface area contributed by atoms with E-state index < -0.39 is 5.92 Å². The summed E-state index contributed by atoms with van der Waals surface area (Å²) in [5, 5.41) is 6.26. The Morgan fingerprint density at radius 3 is 2.68 bits per heavy atom. The molecule has 1 aromatic heterocycles. The van der Waals surface area contributed by atoms with E-state index in [2.05, 4.69) is 34.4 Å². The highest BCUT2D eigenvalue weighted by molar-refractivity contribution is 7.17. The monoisotopic (exact) mass is 484 g/mol. The highest BCUT2D eigenvalue weighted by Gasteiger charge is 2.35. The molecule has 1 fully saturated rings. The minimum absolute atomic E-state index is 0.0985. The summed E-state index contributed by atoms with van der Waals surface area (Å²) in [7, 11) is 0. The number of aryl methyl sites for hydroxylation is 1. The number of morpholine rings is 1. The van der Waals surface area contributed by atoms with Gasteiger partial charge in [0.1, 0.15) is 0 Å². The number of aromatic nitrogens is 1. The van der Waals surface area contributed by atoms with Crippen molar-refractivity contribution in [1.82, 2.24) is 15.2 Å². The summed E-state index contributed by atoms with van der Waals surface area (Å²) >= 11 is 1.18. The summed E-state index contributed by atoms with van der Waals surface area (Å²) in [6.45, 7) is 11.6. The Bertz CT molecular complexity index is 1100. The SMILES string of the molecule is Cc1cccc(C(=O)Nc2nc3c(s2)C(=O)C[C@H](C(=O)NCC(C)(C)N2CCOCC2)C3)c1C. The molecule has 1 aliphatic heterocycles. The number of hydrogen-bond acceptors (Lipinski definition) is 7. The first kappa shape index (κ1) is 24.5. The number of anilines is 1. The largest absolute Gasteiger partial charge is 0.379 e. The number of thiazole rings is 1. The Labute approximate surface area is 204 Å². The fraction of sp³-hybridized carbons (Fsp3) is 0.520. The molecule has 0 bridgehead atoms. The van der Waals surface area contributed by atoms with Crippen LogP contribution in [-0.4, -0.2) is 65.9 Å². The minimum atomic E-state index is -0.454. The topological polar surface area (TPSA) is 101 Å². The van der Waals surface area contributed by atoms with Crippen LogP contribution in [0.3, 0.4) is 0 Å². The van der Waals surface area contributed by atoms with Gasteiger partial charge in [0.15, 0.2) is 10.9 Å². The smallest absolute Gasteiger partial charge is 0.257 e. The fourth-order valence-electron chi connectivity index (χ4n) is 4.46. The number of carbonyl (C=O) groups is 3. The number of benzene rings is 1. The molecular formula is C25H32N4O4S. The molecule has 4 rings (SSSR count). The molecular weight excluding hydrogens is 452 g/mol. The van der Waals surface area contributed by atoms with Crippen LogP contribution in [0, 0.1) is 19.8 Å². The van der Waals surface area contributed by atoms with E-state index in [1.165, 1.54) is 11.3 Å². The van der Waals surface area contributed by atoms with Gasteiger partial charge in [-0.3, -0.25) is 24.6 Å². The van der Waals surface area contributed by atoms with Gasteiger partial charge >= 0.3 is 0 Å². The van der Waals surface area contributed by atoms with Gasteiger partial charge in [-0.2, -0.15) is 0 Å². The van der Waals surface area contributed by atoms with Crippen LogP contribution < -0.4 is 10.6 Å². The molecule has 9 heteroatoms. The first-order valence-electron chi connectivity index (χ1n) is 11.7. The Morgan fingerprint density at radius 1 is 1.21 bits per heavy atom. The van der Waals surface area contributed by atoms with Gasteiger partial charge in [0.05, 0.1) is 29.7 Å².